The molecule has 3 nitrogen and oxygen atoms in total. The molecule has 0 aliphatic heterocycles. The van der Waals surface area contributed by atoms with Crippen molar-refractivity contribution in [3.63, 3.8) is 0 Å². The third-order valence-electron chi connectivity index (χ3n) is 3.90. The maximum atomic E-state index is 13.9. The van der Waals surface area contributed by atoms with Gasteiger partial charge in [-0.25, -0.2) is 9.37 Å². The van der Waals surface area contributed by atoms with E-state index in [1.165, 1.54) is 11.1 Å². The van der Waals surface area contributed by atoms with E-state index < -0.39 is 0 Å². The quantitative estimate of drug-likeness (QED) is 0.932. The maximum Gasteiger partial charge on any atom is 0.151 e. The number of aromatic nitrogens is 2. The summed E-state index contributed by atoms with van der Waals surface area (Å²) in [6.07, 6.45) is 4.91. The first-order valence-electron chi connectivity index (χ1n) is 7.33. The molecule has 1 atom stereocenters. The molecular weight excluding hydrogens is 285 g/mol. The highest BCUT2D eigenvalue weighted by atomic mass is 32.1. The van der Waals surface area contributed by atoms with Crippen molar-refractivity contribution in [2.75, 3.05) is 6.54 Å². The number of thiazole rings is 1. The van der Waals surface area contributed by atoms with Crippen molar-refractivity contribution in [2.24, 2.45) is 5.41 Å². The van der Waals surface area contributed by atoms with Gasteiger partial charge in [0.15, 0.2) is 5.82 Å². The Morgan fingerprint density at radius 2 is 2.29 bits per heavy atom. The summed E-state index contributed by atoms with van der Waals surface area (Å²) in [5.41, 5.74) is 1.90. The van der Waals surface area contributed by atoms with Crippen molar-refractivity contribution in [3.05, 3.63) is 34.8 Å². The van der Waals surface area contributed by atoms with Crippen LogP contribution in [0.15, 0.2) is 18.5 Å². The summed E-state index contributed by atoms with van der Waals surface area (Å²) in [6, 6.07) is 2.03. The molecular formula is C16H20FN3S. The summed E-state index contributed by atoms with van der Waals surface area (Å²) in [7, 11) is 0. The Bertz CT molecular complexity index is 651. The first kappa shape index (κ1) is 14.6. The number of hydrogen-bond donors (Lipinski definition) is 1. The van der Waals surface area contributed by atoms with Crippen LogP contribution in [-0.4, -0.2) is 16.5 Å². The van der Waals surface area contributed by atoms with Gasteiger partial charge in [0.25, 0.3) is 0 Å². The summed E-state index contributed by atoms with van der Waals surface area (Å²) in [6.45, 7) is 7.58. The molecule has 5 heteroatoms. The maximum absolute atomic E-state index is 13.9. The lowest BCUT2D eigenvalue weighted by Gasteiger charge is -2.34. The van der Waals surface area contributed by atoms with Gasteiger partial charge in [-0.15, -0.1) is 11.3 Å². The van der Waals surface area contributed by atoms with Crippen molar-refractivity contribution < 1.29 is 4.39 Å². The van der Waals surface area contributed by atoms with E-state index in [9.17, 15) is 4.39 Å². The molecule has 2 aromatic heterocycles. The van der Waals surface area contributed by atoms with Gasteiger partial charge in [0, 0.05) is 22.7 Å². The van der Waals surface area contributed by atoms with Crippen molar-refractivity contribution in [1.82, 2.24) is 15.3 Å². The van der Waals surface area contributed by atoms with Gasteiger partial charge in [-0.1, -0.05) is 20.8 Å². The topological polar surface area (TPSA) is 37.8 Å². The lowest BCUT2D eigenvalue weighted by molar-refractivity contribution is 0.260. The molecule has 21 heavy (non-hydrogen) atoms. The fourth-order valence-electron chi connectivity index (χ4n) is 3.01. The highest BCUT2D eigenvalue weighted by Gasteiger charge is 2.34. The molecule has 2 heterocycles. The fourth-order valence-corrected chi connectivity index (χ4v) is 4.19. The molecule has 0 amide bonds. The third-order valence-corrected chi connectivity index (χ3v) is 5.14. The van der Waals surface area contributed by atoms with Gasteiger partial charge >= 0.3 is 0 Å². The predicted octanol–water partition coefficient (Wildman–Crippen LogP) is 3.97. The second kappa shape index (κ2) is 5.46. The highest BCUT2D eigenvalue weighted by Crippen LogP contribution is 2.44. The second-order valence-corrected chi connectivity index (χ2v) is 7.37. The zero-order valence-electron chi connectivity index (χ0n) is 12.6. The molecule has 0 aromatic carbocycles. The van der Waals surface area contributed by atoms with Gasteiger partial charge in [-0.2, -0.15) is 0 Å². The molecule has 1 aliphatic carbocycles. The molecule has 1 aliphatic rings. The van der Waals surface area contributed by atoms with E-state index in [0.717, 1.165) is 30.1 Å². The number of pyridine rings is 1. The van der Waals surface area contributed by atoms with E-state index in [1.807, 2.05) is 0 Å². The standard InChI is InChI=1S/C16H20FN3S/c1-4-19-12-7-16(2,3)8-13-14(12)21-15(20-13)10-5-6-18-9-11(10)17/h5-6,9,12,19H,4,7-8H2,1-3H3. The van der Waals surface area contributed by atoms with E-state index in [-0.39, 0.29) is 11.2 Å². The zero-order chi connectivity index (χ0) is 15.0. The van der Waals surface area contributed by atoms with Crippen molar-refractivity contribution in [2.45, 2.75) is 39.7 Å². The third kappa shape index (κ3) is 2.85. The largest absolute Gasteiger partial charge is 0.309 e. The molecule has 0 saturated heterocycles. The van der Waals surface area contributed by atoms with E-state index in [4.69, 9.17) is 4.98 Å². The Balaban J connectivity index is 2.04. The van der Waals surface area contributed by atoms with Crippen LogP contribution in [0.4, 0.5) is 4.39 Å². The molecule has 0 fully saturated rings. The van der Waals surface area contributed by atoms with E-state index >= 15 is 0 Å². The van der Waals surface area contributed by atoms with Gasteiger partial charge in [-0.3, -0.25) is 4.98 Å². The van der Waals surface area contributed by atoms with Crippen LogP contribution >= 0.6 is 11.3 Å². The summed E-state index contributed by atoms with van der Waals surface area (Å²) in [5.74, 6) is -0.303. The average Bonchev–Trinajstić information content (AvgIpc) is 2.81. The smallest absolute Gasteiger partial charge is 0.151 e. The molecule has 0 saturated carbocycles. The van der Waals surface area contributed by atoms with Gasteiger partial charge in [0.1, 0.15) is 5.01 Å². The van der Waals surface area contributed by atoms with Crippen LogP contribution in [0.25, 0.3) is 10.6 Å². The van der Waals surface area contributed by atoms with Gasteiger partial charge in [0.2, 0.25) is 0 Å². The minimum Gasteiger partial charge on any atom is -0.309 e. The summed E-state index contributed by atoms with van der Waals surface area (Å²) < 4.78 is 13.9. The molecule has 112 valence electrons. The predicted molar refractivity (Wildman–Crippen MR) is 83.8 cm³/mol. The Morgan fingerprint density at radius 1 is 1.48 bits per heavy atom. The average molecular weight is 305 g/mol. The Labute approximate surface area is 128 Å². The molecule has 3 rings (SSSR count). The Kier molecular flexibility index (Phi) is 3.80. The molecule has 2 aromatic rings. The first-order chi connectivity index (χ1) is 10.00. The number of halogens is 1. The lowest BCUT2D eigenvalue weighted by Crippen LogP contribution is -2.32. The zero-order valence-corrected chi connectivity index (χ0v) is 13.4. The minimum absolute atomic E-state index is 0.224. The van der Waals surface area contributed by atoms with Crippen molar-refractivity contribution in [3.8, 4) is 10.6 Å². The van der Waals surface area contributed by atoms with E-state index in [1.54, 1.807) is 23.6 Å². The van der Waals surface area contributed by atoms with Gasteiger partial charge in [0.05, 0.1) is 11.9 Å². The van der Waals surface area contributed by atoms with Crippen LogP contribution in [-0.2, 0) is 6.42 Å². The summed E-state index contributed by atoms with van der Waals surface area (Å²) in [5, 5.41) is 4.30. The summed E-state index contributed by atoms with van der Waals surface area (Å²) >= 11 is 1.61. The molecule has 1 unspecified atom stereocenters. The van der Waals surface area contributed by atoms with E-state index in [2.05, 4.69) is 31.1 Å². The van der Waals surface area contributed by atoms with E-state index in [0.29, 0.717) is 11.6 Å². The molecule has 0 spiro atoms. The Morgan fingerprint density at radius 3 is 3.00 bits per heavy atom. The monoisotopic (exact) mass is 305 g/mol. The van der Waals surface area contributed by atoms with Crippen molar-refractivity contribution in [1.29, 1.82) is 0 Å². The number of nitrogens with zero attached hydrogens (tertiary/aromatic N) is 2. The lowest BCUT2D eigenvalue weighted by atomic mass is 9.76. The van der Waals surface area contributed by atoms with Crippen LogP contribution in [0.3, 0.4) is 0 Å². The number of nitrogens with one attached hydrogen (secondary N) is 1. The van der Waals surface area contributed by atoms with Gasteiger partial charge in [-0.05, 0) is 30.9 Å². The first-order valence-corrected chi connectivity index (χ1v) is 8.14. The van der Waals surface area contributed by atoms with Gasteiger partial charge < -0.3 is 5.32 Å². The second-order valence-electron chi connectivity index (χ2n) is 6.34. The van der Waals surface area contributed by atoms with Crippen molar-refractivity contribution >= 4 is 11.3 Å². The number of fused-ring (bicyclic) bond motifs is 1. The molecule has 0 bridgehead atoms. The number of hydrogen-bond acceptors (Lipinski definition) is 4. The molecule has 0 radical (unpaired) electrons. The Hall–Kier alpha value is -1.33. The molecule has 1 N–H and O–H groups in total. The SMILES string of the molecule is CCNC1CC(C)(C)Cc2nc(-c3ccncc3F)sc21. The number of rotatable bonds is 3. The van der Waals surface area contributed by atoms with Crippen LogP contribution in [0.1, 0.15) is 43.8 Å². The van der Waals surface area contributed by atoms with Crippen LogP contribution in [0.2, 0.25) is 0 Å². The van der Waals surface area contributed by atoms with Crippen LogP contribution in [0.5, 0.6) is 0 Å². The summed E-state index contributed by atoms with van der Waals surface area (Å²) in [4.78, 5) is 9.80. The van der Waals surface area contributed by atoms with Crippen LogP contribution in [0, 0.1) is 11.2 Å². The normalized spacial score (nSPS) is 20.3. The van der Waals surface area contributed by atoms with Crippen LogP contribution < -0.4 is 5.32 Å². The minimum atomic E-state index is -0.303. The highest BCUT2D eigenvalue weighted by molar-refractivity contribution is 7.15. The fraction of sp³-hybridized carbons (Fsp3) is 0.500.